The molecule has 0 aliphatic heterocycles. The fourth-order valence-electron chi connectivity index (χ4n) is 2.59. The molecule has 0 saturated heterocycles. The Morgan fingerprint density at radius 1 is 1.03 bits per heavy atom. The molecule has 0 aliphatic carbocycles. The van der Waals surface area contributed by atoms with E-state index in [2.05, 4.69) is 10.6 Å². The first-order chi connectivity index (χ1) is 13.7. The van der Waals surface area contributed by atoms with Crippen LogP contribution in [0.5, 0.6) is 5.75 Å². The van der Waals surface area contributed by atoms with Crippen LogP contribution in [0.1, 0.15) is 12.5 Å². The number of hydrogen-bond acceptors (Lipinski definition) is 5. The molecule has 9 heteroatoms. The summed E-state index contributed by atoms with van der Waals surface area (Å²) in [4.78, 5) is 23.8. The number of aryl methyl sites for hydroxylation is 1. The van der Waals surface area contributed by atoms with Crippen molar-refractivity contribution in [3.8, 4) is 5.75 Å². The zero-order valence-electron chi connectivity index (χ0n) is 16.6. The van der Waals surface area contributed by atoms with Crippen LogP contribution < -0.4 is 19.7 Å². The zero-order valence-corrected chi connectivity index (χ0v) is 17.5. The number of nitrogens with one attached hydrogen (secondary N) is 2. The molecule has 2 N–H and O–H groups in total. The van der Waals surface area contributed by atoms with Crippen LogP contribution >= 0.6 is 0 Å². The van der Waals surface area contributed by atoms with Crippen LogP contribution in [-0.2, 0) is 19.6 Å². The van der Waals surface area contributed by atoms with Crippen LogP contribution in [0.2, 0.25) is 0 Å². The number of carbonyl (C=O) groups excluding carboxylic acids is 2. The summed E-state index contributed by atoms with van der Waals surface area (Å²) in [5, 5.41) is 5.29. The van der Waals surface area contributed by atoms with E-state index < -0.39 is 15.9 Å². The number of hydrogen-bond donors (Lipinski definition) is 2. The number of para-hydroxylation sites is 1. The molecule has 0 bridgehead atoms. The smallest absolute Gasteiger partial charge is 0.257 e. The minimum atomic E-state index is -3.64. The van der Waals surface area contributed by atoms with Crippen molar-refractivity contribution in [3.63, 3.8) is 0 Å². The van der Waals surface area contributed by atoms with Crippen molar-refractivity contribution in [1.29, 1.82) is 0 Å². The third kappa shape index (κ3) is 6.79. The lowest BCUT2D eigenvalue weighted by Crippen LogP contribution is -2.37. The van der Waals surface area contributed by atoms with Gasteiger partial charge in [-0.1, -0.05) is 18.2 Å². The van der Waals surface area contributed by atoms with Gasteiger partial charge in [-0.05, 0) is 49.7 Å². The monoisotopic (exact) mass is 419 g/mol. The number of sulfonamides is 1. The molecule has 8 nitrogen and oxygen atoms in total. The predicted octanol–water partition coefficient (Wildman–Crippen LogP) is 1.91. The van der Waals surface area contributed by atoms with Crippen LogP contribution in [0.15, 0.2) is 48.5 Å². The van der Waals surface area contributed by atoms with Gasteiger partial charge in [-0.3, -0.25) is 13.9 Å². The van der Waals surface area contributed by atoms with E-state index in [1.165, 1.54) is 0 Å². The third-order valence-electron chi connectivity index (χ3n) is 3.95. The van der Waals surface area contributed by atoms with E-state index in [1.807, 2.05) is 6.92 Å². The molecule has 2 aromatic carbocycles. The van der Waals surface area contributed by atoms with Crippen molar-refractivity contribution in [2.45, 2.75) is 13.8 Å². The normalized spacial score (nSPS) is 10.9. The SMILES string of the molecule is CCNC(=O)COc1ccc(NC(=O)CN(c2ccccc2C)S(C)(=O)=O)cc1. The second kappa shape index (κ2) is 9.92. The molecule has 0 saturated carbocycles. The number of amides is 2. The van der Waals surface area contributed by atoms with Crippen LogP contribution in [0.3, 0.4) is 0 Å². The van der Waals surface area contributed by atoms with E-state index in [0.717, 1.165) is 16.1 Å². The summed E-state index contributed by atoms with van der Waals surface area (Å²) in [5.41, 5.74) is 1.69. The molecular formula is C20H25N3O5S. The standard InChI is InChI=1S/C20H25N3O5S/c1-4-21-20(25)14-28-17-11-9-16(10-12-17)22-19(24)13-23(29(3,26)27)18-8-6-5-7-15(18)2/h5-12H,4,13-14H2,1-3H3,(H,21,25)(H,22,24). The van der Waals surface area contributed by atoms with Gasteiger partial charge in [0.25, 0.3) is 5.91 Å². The topological polar surface area (TPSA) is 105 Å². The molecule has 0 unspecified atom stereocenters. The van der Waals surface area contributed by atoms with Gasteiger partial charge in [0.15, 0.2) is 6.61 Å². The summed E-state index contributed by atoms with van der Waals surface area (Å²) in [6.07, 6.45) is 1.06. The highest BCUT2D eigenvalue weighted by Gasteiger charge is 2.22. The quantitative estimate of drug-likeness (QED) is 0.646. The molecule has 0 aliphatic rings. The minimum absolute atomic E-state index is 0.0979. The van der Waals surface area contributed by atoms with Crippen molar-refractivity contribution in [2.75, 3.05) is 35.6 Å². The average molecular weight is 420 g/mol. The molecule has 2 aromatic rings. The second-order valence-electron chi connectivity index (χ2n) is 6.37. The summed E-state index contributed by atoms with van der Waals surface area (Å²) in [6.45, 7) is 3.68. The predicted molar refractivity (Wildman–Crippen MR) is 113 cm³/mol. The Bertz CT molecular complexity index is 958. The van der Waals surface area contributed by atoms with Gasteiger partial charge in [-0.2, -0.15) is 0 Å². The van der Waals surface area contributed by atoms with E-state index in [-0.39, 0.29) is 19.1 Å². The van der Waals surface area contributed by atoms with Crippen molar-refractivity contribution < 1.29 is 22.7 Å². The van der Waals surface area contributed by atoms with E-state index in [4.69, 9.17) is 4.74 Å². The number of rotatable bonds is 9. The van der Waals surface area contributed by atoms with Gasteiger partial charge in [0.2, 0.25) is 15.9 Å². The summed E-state index contributed by atoms with van der Waals surface area (Å²) in [7, 11) is -3.64. The number of ether oxygens (including phenoxy) is 1. The highest BCUT2D eigenvalue weighted by Crippen LogP contribution is 2.22. The van der Waals surface area contributed by atoms with Gasteiger partial charge in [0.05, 0.1) is 11.9 Å². The molecule has 0 atom stereocenters. The Hall–Kier alpha value is -3.07. The van der Waals surface area contributed by atoms with Gasteiger partial charge < -0.3 is 15.4 Å². The van der Waals surface area contributed by atoms with Gasteiger partial charge in [0.1, 0.15) is 12.3 Å². The first-order valence-corrected chi connectivity index (χ1v) is 10.9. The highest BCUT2D eigenvalue weighted by atomic mass is 32.2. The van der Waals surface area contributed by atoms with E-state index in [9.17, 15) is 18.0 Å². The molecule has 2 amide bonds. The van der Waals surface area contributed by atoms with Gasteiger partial charge in [-0.25, -0.2) is 8.42 Å². The molecule has 156 valence electrons. The lowest BCUT2D eigenvalue weighted by Gasteiger charge is -2.23. The van der Waals surface area contributed by atoms with Gasteiger partial charge in [0, 0.05) is 12.2 Å². The lowest BCUT2D eigenvalue weighted by atomic mass is 10.2. The van der Waals surface area contributed by atoms with Crippen LogP contribution in [-0.4, -0.2) is 46.2 Å². The van der Waals surface area contributed by atoms with Crippen molar-refractivity contribution >= 4 is 33.2 Å². The largest absolute Gasteiger partial charge is 0.484 e. The molecule has 0 spiro atoms. The molecule has 0 heterocycles. The van der Waals surface area contributed by atoms with Crippen LogP contribution in [0.4, 0.5) is 11.4 Å². The lowest BCUT2D eigenvalue weighted by molar-refractivity contribution is -0.123. The summed E-state index contributed by atoms with van der Waals surface area (Å²) >= 11 is 0. The zero-order chi connectivity index (χ0) is 21.4. The van der Waals surface area contributed by atoms with Crippen LogP contribution in [0, 0.1) is 6.92 Å². The fourth-order valence-corrected chi connectivity index (χ4v) is 3.50. The Balaban J connectivity index is 2.01. The maximum atomic E-state index is 12.4. The highest BCUT2D eigenvalue weighted by molar-refractivity contribution is 7.92. The van der Waals surface area contributed by atoms with Gasteiger partial charge in [-0.15, -0.1) is 0 Å². The number of likely N-dealkylation sites (N-methyl/N-ethyl adjacent to an activating group) is 1. The second-order valence-corrected chi connectivity index (χ2v) is 8.28. The number of nitrogens with zero attached hydrogens (tertiary/aromatic N) is 1. The Morgan fingerprint density at radius 2 is 1.69 bits per heavy atom. The van der Waals surface area contributed by atoms with Crippen molar-refractivity contribution in [3.05, 3.63) is 54.1 Å². The number of anilines is 2. The minimum Gasteiger partial charge on any atom is -0.484 e. The summed E-state index contributed by atoms with van der Waals surface area (Å²) < 4.78 is 30.8. The molecule has 2 rings (SSSR count). The maximum Gasteiger partial charge on any atom is 0.257 e. The van der Waals surface area contributed by atoms with E-state index in [0.29, 0.717) is 23.7 Å². The molecule has 0 aromatic heterocycles. The van der Waals surface area contributed by atoms with Gasteiger partial charge >= 0.3 is 0 Å². The first-order valence-electron chi connectivity index (χ1n) is 9.03. The summed E-state index contributed by atoms with van der Waals surface area (Å²) in [5.74, 6) is -0.219. The summed E-state index contributed by atoms with van der Waals surface area (Å²) in [6, 6.07) is 13.4. The van der Waals surface area contributed by atoms with Crippen molar-refractivity contribution in [1.82, 2.24) is 5.32 Å². The fraction of sp³-hybridized carbons (Fsp3) is 0.300. The van der Waals surface area contributed by atoms with E-state index in [1.54, 1.807) is 55.5 Å². The molecular weight excluding hydrogens is 394 g/mol. The maximum absolute atomic E-state index is 12.4. The van der Waals surface area contributed by atoms with Crippen LogP contribution in [0.25, 0.3) is 0 Å². The van der Waals surface area contributed by atoms with Crippen molar-refractivity contribution in [2.24, 2.45) is 0 Å². The third-order valence-corrected chi connectivity index (χ3v) is 5.08. The number of benzene rings is 2. The molecule has 0 fully saturated rings. The Labute approximate surface area is 170 Å². The first kappa shape index (κ1) is 22.2. The molecule has 29 heavy (non-hydrogen) atoms. The average Bonchev–Trinajstić information content (AvgIpc) is 2.66. The van der Waals surface area contributed by atoms with E-state index >= 15 is 0 Å². The number of carbonyl (C=O) groups is 2. The Kier molecular flexibility index (Phi) is 7.60. The molecule has 0 radical (unpaired) electrons. The Morgan fingerprint density at radius 3 is 2.28 bits per heavy atom.